The highest BCUT2D eigenvalue weighted by atomic mass is 32.2. The number of nitrogens with one attached hydrogen (secondary N) is 1. The van der Waals surface area contributed by atoms with Crippen LogP contribution in [-0.4, -0.2) is 44.3 Å². The molecule has 39 heavy (non-hydrogen) atoms. The molecule has 0 radical (unpaired) electrons. The van der Waals surface area contributed by atoms with Crippen molar-refractivity contribution in [2.24, 2.45) is 0 Å². The van der Waals surface area contributed by atoms with Gasteiger partial charge in [-0.25, -0.2) is 8.42 Å². The molecule has 0 saturated heterocycles. The second kappa shape index (κ2) is 13.4. The summed E-state index contributed by atoms with van der Waals surface area (Å²) in [6, 6.07) is 20.5. The number of carbonyl (C=O) groups is 2. The Balaban J connectivity index is 2.01. The van der Waals surface area contributed by atoms with E-state index in [1.807, 2.05) is 64.1 Å². The van der Waals surface area contributed by atoms with Crippen LogP contribution in [-0.2, 0) is 26.2 Å². The molecular formula is C31H39N3O4S. The van der Waals surface area contributed by atoms with Crippen molar-refractivity contribution in [3.8, 4) is 0 Å². The van der Waals surface area contributed by atoms with E-state index in [1.165, 1.54) is 17.0 Å². The van der Waals surface area contributed by atoms with Gasteiger partial charge in [-0.05, 0) is 63.4 Å². The minimum atomic E-state index is -4.07. The Hall–Kier alpha value is -3.65. The quantitative estimate of drug-likeness (QED) is 0.317. The van der Waals surface area contributed by atoms with Gasteiger partial charge in [0.25, 0.3) is 10.0 Å². The van der Waals surface area contributed by atoms with E-state index in [-0.39, 0.29) is 17.3 Å². The van der Waals surface area contributed by atoms with Gasteiger partial charge in [-0.2, -0.15) is 0 Å². The number of carbonyl (C=O) groups excluding carboxylic acids is 2. The number of benzene rings is 3. The molecule has 0 aliphatic rings. The number of anilines is 1. The maximum Gasteiger partial charge on any atom is 0.264 e. The summed E-state index contributed by atoms with van der Waals surface area (Å²) in [5.41, 5.74) is 4.08. The van der Waals surface area contributed by atoms with Crippen LogP contribution in [0.1, 0.15) is 48.9 Å². The van der Waals surface area contributed by atoms with Crippen LogP contribution < -0.4 is 9.62 Å². The van der Waals surface area contributed by atoms with Crippen LogP contribution >= 0.6 is 0 Å². The molecule has 0 saturated carbocycles. The second-order valence-corrected chi connectivity index (χ2v) is 11.8. The number of rotatable bonds is 12. The van der Waals surface area contributed by atoms with Crippen molar-refractivity contribution in [3.05, 3.63) is 95.1 Å². The molecule has 0 aliphatic heterocycles. The average molecular weight is 550 g/mol. The molecule has 208 valence electrons. The van der Waals surface area contributed by atoms with Gasteiger partial charge in [-0.3, -0.25) is 13.9 Å². The van der Waals surface area contributed by atoms with Crippen LogP contribution in [0.25, 0.3) is 0 Å². The maximum absolute atomic E-state index is 14.0. The molecule has 2 amide bonds. The van der Waals surface area contributed by atoms with Crippen LogP contribution in [0.4, 0.5) is 5.69 Å². The molecule has 0 unspecified atom stereocenters. The number of sulfonamides is 1. The van der Waals surface area contributed by atoms with Crippen molar-refractivity contribution in [2.75, 3.05) is 17.4 Å². The van der Waals surface area contributed by atoms with Crippen molar-refractivity contribution in [1.29, 1.82) is 0 Å². The molecule has 3 aromatic carbocycles. The van der Waals surface area contributed by atoms with E-state index in [0.29, 0.717) is 12.2 Å². The summed E-state index contributed by atoms with van der Waals surface area (Å²) in [4.78, 5) is 28.6. The fourth-order valence-electron chi connectivity index (χ4n) is 4.33. The lowest BCUT2D eigenvalue weighted by atomic mass is 10.1. The first-order valence-corrected chi connectivity index (χ1v) is 14.8. The average Bonchev–Trinajstić information content (AvgIpc) is 2.91. The first-order valence-electron chi connectivity index (χ1n) is 13.3. The lowest BCUT2D eigenvalue weighted by molar-refractivity contribution is -0.139. The van der Waals surface area contributed by atoms with E-state index in [0.717, 1.165) is 39.4 Å². The summed E-state index contributed by atoms with van der Waals surface area (Å²) in [6.07, 6.45) is 1.77. The van der Waals surface area contributed by atoms with Gasteiger partial charge in [0.15, 0.2) is 0 Å². The Bertz CT molecular complexity index is 1370. The van der Waals surface area contributed by atoms with Crippen LogP contribution in [0.3, 0.4) is 0 Å². The van der Waals surface area contributed by atoms with E-state index in [2.05, 4.69) is 5.32 Å². The zero-order valence-electron chi connectivity index (χ0n) is 23.5. The van der Waals surface area contributed by atoms with E-state index in [1.54, 1.807) is 31.2 Å². The Morgan fingerprint density at radius 2 is 1.54 bits per heavy atom. The SMILES string of the molecule is CCCCNC(=O)[C@H](C)N(Cc1ccc(C)cc1)C(=O)CN(c1ccc(C)cc1C)S(=O)(=O)c1ccccc1. The number of hydrogen-bond donors (Lipinski definition) is 1. The van der Waals surface area contributed by atoms with Gasteiger partial charge in [0.2, 0.25) is 11.8 Å². The molecule has 8 heteroatoms. The maximum atomic E-state index is 14.0. The van der Waals surface area contributed by atoms with Gasteiger partial charge >= 0.3 is 0 Å². The normalized spacial score (nSPS) is 12.0. The van der Waals surface area contributed by atoms with Gasteiger partial charge in [0.1, 0.15) is 12.6 Å². The Kier molecular flexibility index (Phi) is 10.3. The Morgan fingerprint density at radius 3 is 2.15 bits per heavy atom. The lowest BCUT2D eigenvalue weighted by Gasteiger charge is -2.32. The fraction of sp³-hybridized carbons (Fsp3) is 0.355. The van der Waals surface area contributed by atoms with E-state index in [9.17, 15) is 18.0 Å². The first-order chi connectivity index (χ1) is 18.5. The largest absolute Gasteiger partial charge is 0.354 e. The first kappa shape index (κ1) is 29.9. The lowest BCUT2D eigenvalue weighted by Crippen LogP contribution is -2.51. The highest BCUT2D eigenvalue weighted by molar-refractivity contribution is 7.92. The third-order valence-corrected chi connectivity index (χ3v) is 8.48. The Labute approximate surface area is 232 Å². The molecule has 0 aliphatic carbocycles. The molecule has 1 N–H and O–H groups in total. The van der Waals surface area contributed by atoms with Gasteiger partial charge in [-0.15, -0.1) is 0 Å². The zero-order chi connectivity index (χ0) is 28.6. The number of aryl methyl sites for hydroxylation is 3. The van der Waals surface area contributed by atoms with E-state index >= 15 is 0 Å². The molecule has 0 spiro atoms. The van der Waals surface area contributed by atoms with Gasteiger partial charge in [0, 0.05) is 13.1 Å². The van der Waals surface area contributed by atoms with Crippen LogP contribution in [0, 0.1) is 20.8 Å². The topological polar surface area (TPSA) is 86.8 Å². The third kappa shape index (κ3) is 7.69. The molecule has 7 nitrogen and oxygen atoms in total. The highest BCUT2D eigenvalue weighted by Gasteiger charge is 2.33. The molecule has 1 atom stereocenters. The molecular weight excluding hydrogens is 510 g/mol. The summed E-state index contributed by atoms with van der Waals surface area (Å²) in [5.74, 6) is -0.735. The highest BCUT2D eigenvalue weighted by Crippen LogP contribution is 2.28. The smallest absolute Gasteiger partial charge is 0.264 e. The van der Waals surface area contributed by atoms with Gasteiger partial charge < -0.3 is 10.2 Å². The Morgan fingerprint density at radius 1 is 0.897 bits per heavy atom. The molecule has 0 aromatic heterocycles. The van der Waals surface area contributed by atoms with Crippen molar-refractivity contribution in [3.63, 3.8) is 0 Å². The van der Waals surface area contributed by atoms with Crippen molar-refractivity contribution in [2.45, 2.75) is 64.9 Å². The number of hydrogen-bond acceptors (Lipinski definition) is 4. The molecule has 0 heterocycles. The second-order valence-electron chi connectivity index (χ2n) is 9.94. The van der Waals surface area contributed by atoms with Gasteiger partial charge in [0.05, 0.1) is 10.6 Å². The van der Waals surface area contributed by atoms with Gasteiger partial charge in [-0.1, -0.05) is 79.1 Å². The molecule has 3 rings (SSSR count). The van der Waals surface area contributed by atoms with E-state index in [4.69, 9.17) is 0 Å². The van der Waals surface area contributed by atoms with Crippen LogP contribution in [0.2, 0.25) is 0 Å². The summed E-state index contributed by atoms with van der Waals surface area (Å²) >= 11 is 0. The fourth-order valence-corrected chi connectivity index (χ4v) is 5.83. The minimum Gasteiger partial charge on any atom is -0.354 e. The monoisotopic (exact) mass is 549 g/mol. The van der Waals surface area contributed by atoms with Crippen LogP contribution in [0.5, 0.6) is 0 Å². The summed E-state index contributed by atoms with van der Waals surface area (Å²) < 4.78 is 28.9. The predicted molar refractivity (Wildman–Crippen MR) is 156 cm³/mol. The van der Waals surface area contributed by atoms with Crippen molar-refractivity contribution >= 4 is 27.5 Å². The number of nitrogens with zero attached hydrogens (tertiary/aromatic N) is 2. The zero-order valence-corrected chi connectivity index (χ0v) is 24.3. The molecule has 0 bridgehead atoms. The third-order valence-electron chi connectivity index (χ3n) is 6.70. The summed E-state index contributed by atoms with van der Waals surface area (Å²) in [7, 11) is -4.07. The van der Waals surface area contributed by atoms with E-state index < -0.39 is 28.5 Å². The molecule has 0 fully saturated rings. The van der Waals surface area contributed by atoms with Crippen molar-refractivity contribution < 1.29 is 18.0 Å². The predicted octanol–water partition coefficient (Wildman–Crippen LogP) is 5.14. The standard InChI is InChI=1S/C31H39N3O4S/c1-6-7-19-32-31(36)26(5)33(21-27-16-13-23(2)14-17-27)30(35)22-34(29-18-15-24(3)20-25(29)4)39(37,38)28-11-9-8-10-12-28/h8-18,20,26H,6-7,19,21-22H2,1-5H3,(H,32,36)/t26-/m0/s1. The number of unbranched alkanes of at least 4 members (excludes halogenated alkanes) is 1. The number of amides is 2. The van der Waals surface area contributed by atoms with Crippen molar-refractivity contribution in [1.82, 2.24) is 10.2 Å². The molecule has 3 aromatic rings. The summed E-state index contributed by atoms with van der Waals surface area (Å²) in [5, 5.41) is 2.91. The van der Waals surface area contributed by atoms with Crippen LogP contribution in [0.15, 0.2) is 77.7 Å². The minimum absolute atomic E-state index is 0.0909. The summed E-state index contributed by atoms with van der Waals surface area (Å²) in [6.45, 7) is 9.70.